The van der Waals surface area contributed by atoms with Crippen LogP contribution in [0.25, 0.3) is 5.76 Å². The van der Waals surface area contributed by atoms with Gasteiger partial charge in [-0.25, -0.2) is 9.78 Å². The molecule has 36 heavy (non-hydrogen) atoms. The molecular weight excluding hydrogens is 482 g/mol. The van der Waals surface area contributed by atoms with Crippen LogP contribution in [0, 0.1) is 6.92 Å². The summed E-state index contributed by atoms with van der Waals surface area (Å²) in [6, 6.07) is 8.98. The highest BCUT2D eigenvalue weighted by Gasteiger charge is 2.48. The molecule has 1 aliphatic heterocycles. The van der Waals surface area contributed by atoms with E-state index in [0.29, 0.717) is 22.6 Å². The molecule has 1 saturated heterocycles. The molecular formula is C26H25N3O6S. The number of esters is 1. The molecule has 3 heterocycles. The Kier molecular flexibility index (Phi) is 7.16. The highest BCUT2D eigenvalue weighted by Crippen LogP contribution is 2.43. The quantitative estimate of drug-likeness (QED) is 0.216. The molecule has 1 N–H and O–H groups in total. The number of ketones is 1. The van der Waals surface area contributed by atoms with Crippen molar-refractivity contribution in [2.24, 2.45) is 0 Å². The summed E-state index contributed by atoms with van der Waals surface area (Å²) in [6.45, 7) is 7.31. The number of anilines is 1. The molecule has 0 saturated carbocycles. The number of aliphatic hydroxyl groups is 1. The van der Waals surface area contributed by atoms with Gasteiger partial charge in [-0.1, -0.05) is 17.4 Å². The third kappa shape index (κ3) is 4.72. The lowest BCUT2D eigenvalue weighted by atomic mass is 9.96. The Morgan fingerprint density at radius 3 is 2.53 bits per heavy atom. The number of aryl methyl sites for hydroxylation is 1. The first-order valence-electron chi connectivity index (χ1n) is 11.4. The second kappa shape index (κ2) is 10.3. The molecule has 1 amide bonds. The molecule has 1 fully saturated rings. The molecule has 9 nitrogen and oxygen atoms in total. The Labute approximate surface area is 212 Å². The summed E-state index contributed by atoms with van der Waals surface area (Å²) >= 11 is 0.952. The number of thiazole rings is 1. The second-order valence-electron chi connectivity index (χ2n) is 8.28. The second-order valence-corrected chi connectivity index (χ2v) is 9.26. The Morgan fingerprint density at radius 2 is 1.92 bits per heavy atom. The summed E-state index contributed by atoms with van der Waals surface area (Å²) in [4.78, 5) is 48.8. The number of carbonyl (C=O) groups excluding carboxylic acids is 3. The monoisotopic (exact) mass is 507 g/mol. The van der Waals surface area contributed by atoms with Gasteiger partial charge in [-0.2, -0.15) is 0 Å². The lowest BCUT2D eigenvalue weighted by Crippen LogP contribution is -2.29. The van der Waals surface area contributed by atoms with E-state index < -0.39 is 23.7 Å². The van der Waals surface area contributed by atoms with E-state index in [1.807, 2.05) is 13.8 Å². The number of Topliss-reactive ketones (excluding diaryl/α,β-unsaturated/α-hetero) is 1. The molecule has 3 aromatic rings. The number of rotatable bonds is 7. The third-order valence-corrected chi connectivity index (χ3v) is 6.53. The molecule has 0 radical (unpaired) electrons. The molecule has 2 aromatic heterocycles. The minimum absolute atomic E-state index is 0.0263. The van der Waals surface area contributed by atoms with Gasteiger partial charge in [0.25, 0.3) is 5.78 Å². The van der Waals surface area contributed by atoms with Gasteiger partial charge in [0.05, 0.1) is 30.0 Å². The highest BCUT2D eigenvalue weighted by atomic mass is 32.1. The molecule has 1 atom stereocenters. The maximum atomic E-state index is 13.3. The van der Waals surface area contributed by atoms with Gasteiger partial charge in [0.2, 0.25) is 0 Å². The van der Waals surface area contributed by atoms with E-state index in [1.165, 1.54) is 11.1 Å². The van der Waals surface area contributed by atoms with Crippen LogP contribution in [-0.2, 0) is 14.3 Å². The SMILES string of the molecule is CCOC(=O)c1sc(N2C(=O)C(=O)/C(=C(\O)c3ccc(OC(C)C)cc3)C2c2cccnc2)nc1C. The number of amides is 1. The van der Waals surface area contributed by atoms with Crippen molar-refractivity contribution in [3.05, 3.63) is 76.1 Å². The molecule has 1 unspecified atom stereocenters. The van der Waals surface area contributed by atoms with Gasteiger partial charge < -0.3 is 14.6 Å². The van der Waals surface area contributed by atoms with Crippen molar-refractivity contribution < 1.29 is 29.0 Å². The van der Waals surface area contributed by atoms with Crippen molar-refractivity contribution >= 4 is 39.9 Å². The first kappa shape index (κ1) is 25.1. The summed E-state index contributed by atoms with van der Waals surface area (Å²) in [6.07, 6.45) is 3.06. The first-order chi connectivity index (χ1) is 17.2. The van der Waals surface area contributed by atoms with Crippen LogP contribution in [0.2, 0.25) is 0 Å². The van der Waals surface area contributed by atoms with Gasteiger partial charge in [0.1, 0.15) is 16.4 Å². The number of aliphatic hydroxyl groups excluding tert-OH is 1. The Hall–Kier alpha value is -4.05. The summed E-state index contributed by atoms with van der Waals surface area (Å²) < 4.78 is 10.7. The minimum atomic E-state index is -0.995. The predicted octanol–water partition coefficient (Wildman–Crippen LogP) is 4.44. The fraction of sp³-hybridized carbons (Fsp3) is 0.269. The lowest BCUT2D eigenvalue weighted by Gasteiger charge is -2.22. The third-order valence-electron chi connectivity index (χ3n) is 5.40. The maximum Gasteiger partial charge on any atom is 0.350 e. The largest absolute Gasteiger partial charge is 0.507 e. The van der Waals surface area contributed by atoms with Gasteiger partial charge in [-0.05, 0) is 63.6 Å². The van der Waals surface area contributed by atoms with E-state index in [-0.39, 0.29) is 34.1 Å². The van der Waals surface area contributed by atoms with Crippen LogP contribution in [0.15, 0.2) is 54.4 Å². The normalized spacial score (nSPS) is 17.0. The Morgan fingerprint density at radius 1 is 1.19 bits per heavy atom. The van der Waals surface area contributed by atoms with Crippen molar-refractivity contribution in [2.45, 2.75) is 39.8 Å². The lowest BCUT2D eigenvalue weighted by molar-refractivity contribution is -0.132. The maximum absolute atomic E-state index is 13.3. The van der Waals surface area contributed by atoms with Crippen molar-refractivity contribution in [2.75, 3.05) is 11.5 Å². The molecule has 0 aliphatic carbocycles. The minimum Gasteiger partial charge on any atom is -0.507 e. The first-order valence-corrected chi connectivity index (χ1v) is 12.2. The fourth-order valence-corrected chi connectivity index (χ4v) is 4.86. The number of ether oxygens (including phenoxy) is 2. The fourth-order valence-electron chi connectivity index (χ4n) is 3.87. The van der Waals surface area contributed by atoms with E-state index in [9.17, 15) is 19.5 Å². The zero-order chi connectivity index (χ0) is 26.0. The number of pyridine rings is 1. The average Bonchev–Trinajstić information content (AvgIpc) is 3.36. The van der Waals surface area contributed by atoms with Crippen LogP contribution in [-0.4, -0.2) is 45.4 Å². The molecule has 4 rings (SSSR count). The van der Waals surface area contributed by atoms with E-state index in [2.05, 4.69) is 9.97 Å². The smallest absolute Gasteiger partial charge is 0.350 e. The van der Waals surface area contributed by atoms with Gasteiger partial charge in [-0.3, -0.25) is 19.5 Å². The Balaban J connectivity index is 1.83. The Bertz CT molecular complexity index is 1330. The van der Waals surface area contributed by atoms with Gasteiger partial charge in [-0.15, -0.1) is 0 Å². The zero-order valence-electron chi connectivity index (χ0n) is 20.2. The number of carbonyl (C=O) groups is 3. The number of aromatic nitrogens is 2. The van der Waals surface area contributed by atoms with E-state index in [4.69, 9.17) is 9.47 Å². The highest BCUT2D eigenvalue weighted by molar-refractivity contribution is 7.17. The van der Waals surface area contributed by atoms with Crippen LogP contribution >= 0.6 is 11.3 Å². The van der Waals surface area contributed by atoms with Gasteiger partial charge in [0, 0.05) is 18.0 Å². The van der Waals surface area contributed by atoms with E-state index >= 15 is 0 Å². The zero-order valence-corrected chi connectivity index (χ0v) is 21.0. The van der Waals surface area contributed by atoms with E-state index in [1.54, 1.807) is 56.4 Å². The van der Waals surface area contributed by atoms with E-state index in [0.717, 1.165) is 11.3 Å². The molecule has 0 spiro atoms. The van der Waals surface area contributed by atoms with Crippen LogP contribution in [0.5, 0.6) is 5.75 Å². The number of hydrogen-bond acceptors (Lipinski definition) is 9. The average molecular weight is 508 g/mol. The molecule has 186 valence electrons. The van der Waals surface area contributed by atoms with Crippen molar-refractivity contribution in [3.8, 4) is 5.75 Å². The van der Waals surface area contributed by atoms with Crippen molar-refractivity contribution in [3.63, 3.8) is 0 Å². The van der Waals surface area contributed by atoms with Crippen LogP contribution in [0.3, 0.4) is 0 Å². The number of benzene rings is 1. The standard InChI is InChI=1S/C26H25N3O6S/c1-5-34-25(33)23-15(4)28-26(36-23)29-20(17-7-6-12-27-13-17)19(22(31)24(29)32)21(30)16-8-10-18(11-9-16)35-14(2)3/h6-14,20,30H,5H2,1-4H3/b21-19-. The topological polar surface area (TPSA) is 119 Å². The summed E-state index contributed by atoms with van der Waals surface area (Å²) in [7, 11) is 0. The van der Waals surface area contributed by atoms with Gasteiger partial charge in [0.15, 0.2) is 5.13 Å². The van der Waals surface area contributed by atoms with Crippen molar-refractivity contribution in [1.29, 1.82) is 0 Å². The molecule has 10 heteroatoms. The molecule has 0 bridgehead atoms. The van der Waals surface area contributed by atoms with Crippen LogP contribution < -0.4 is 9.64 Å². The summed E-state index contributed by atoms with van der Waals surface area (Å²) in [5.41, 5.74) is 1.13. The molecule has 1 aliphatic rings. The van der Waals surface area contributed by atoms with Crippen LogP contribution in [0.1, 0.15) is 53.3 Å². The summed E-state index contributed by atoms with van der Waals surface area (Å²) in [5, 5.41) is 11.4. The molecule has 1 aromatic carbocycles. The number of hydrogen-bond donors (Lipinski definition) is 1. The predicted molar refractivity (Wildman–Crippen MR) is 134 cm³/mol. The summed E-state index contributed by atoms with van der Waals surface area (Å²) in [5.74, 6) is -2.02. The van der Waals surface area contributed by atoms with Crippen LogP contribution in [0.4, 0.5) is 5.13 Å². The van der Waals surface area contributed by atoms with Crippen molar-refractivity contribution in [1.82, 2.24) is 9.97 Å². The number of nitrogens with zero attached hydrogens (tertiary/aromatic N) is 3. The van der Waals surface area contributed by atoms with Gasteiger partial charge >= 0.3 is 11.9 Å².